The van der Waals surface area contributed by atoms with Gasteiger partial charge in [0.05, 0.1) is 16.4 Å². The minimum atomic E-state index is -0.872. The Labute approximate surface area is 147 Å². The first kappa shape index (κ1) is 18.5. The summed E-state index contributed by atoms with van der Waals surface area (Å²) in [5.41, 5.74) is 5.78. The molecule has 4 N–H and O–H groups in total. The maximum absolute atomic E-state index is 12.3. The number of aromatic amines is 1. The molecule has 0 aliphatic rings. The first-order valence-corrected chi connectivity index (χ1v) is 9.28. The third kappa shape index (κ3) is 3.96. The summed E-state index contributed by atoms with van der Waals surface area (Å²) in [6, 6.07) is -0.872. The Bertz CT molecular complexity index is 841. The maximum atomic E-state index is 12.3. The van der Waals surface area contributed by atoms with Crippen LogP contribution in [0.4, 0.5) is 4.79 Å². The predicted octanol–water partition coefficient (Wildman–Crippen LogP) is 2.05. The number of rotatable bonds is 5. The number of amides is 3. The van der Waals surface area contributed by atoms with Crippen molar-refractivity contribution in [2.24, 2.45) is 11.7 Å². The monoisotopic (exact) mass is 368 g/mol. The van der Waals surface area contributed by atoms with Crippen molar-refractivity contribution in [3.8, 4) is 0 Å². The summed E-state index contributed by atoms with van der Waals surface area (Å²) >= 11 is 2.79. The summed E-state index contributed by atoms with van der Waals surface area (Å²) in [5.74, 6) is 0.428. The lowest BCUT2D eigenvalue weighted by molar-refractivity contribution is -0.120. The Balaban J connectivity index is 2.21. The van der Waals surface area contributed by atoms with Crippen LogP contribution in [0.15, 0.2) is 4.79 Å². The molecule has 1 atom stereocenters. The molecule has 9 heteroatoms. The van der Waals surface area contributed by atoms with Crippen LogP contribution in [0.1, 0.15) is 30.1 Å². The van der Waals surface area contributed by atoms with Gasteiger partial charge in [0.25, 0.3) is 5.56 Å². The van der Waals surface area contributed by atoms with E-state index in [1.165, 1.54) is 23.1 Å². The van der Waals surface area contributed by atoms with Crippen LogP contribution in [0.3, 0.4) is 0 Å². The first-order chi connectivity index (χ1) is 11.2. The molecule has 0 aliphatic heterocycles. The number of thiophene rings is 1. The molecule has 130 valence electrons. The van der Waals surface area contributed by atoms with Crippen molar-refractivity contribution in [2.45, 2.75) is 38.7 Å². The van der Waals surface area contributed by atoms with E-state index in [4.69, 9.17) is 5.73 Å². The van der Waals surface area contributed by atoms with E-state index < -0.39 is 17.2 Å². The summed E-state index contributed by atoms with van der Waals surface area (Å²) in [6.07, 6.45) is 0. The molecule has 2 aromatic rings. The van der Waals surface area contributed by atoms with Crippen LogP contribution in [0.2, 0.25) is 0 Å². The van der Waals surface area contributed by atoms with Crippen molar-refractivity contribution in [1.29, 1.82) is 0 Å². The van der Waals surface area contributed by atoms with Gasteiger partial charge in [0.1, 0.15) is 10.7 Å². The Morgan fingerprint density at radius 2 is 2.04 bits per heavy atom. The third-order valence-corrected chi connectivity index (χ3v) is 6.26. The summed E-state index contributed by atoms with van der Waals surface area (Å²) in [7, 11) is 0. The van der Waals surface area contributed by atoms with Gasteiger partial charge in [-0.05, 0) is 25.3 Å². The van der Waals surface area contributed by atoms with Crippen molar-refractivity contribution in [3.63, 3.8) is 0 Å². The molecule has 2 aromatic heterocycles. The van der Waals surface area contributed by atoms with Gasteiger partial charge in [0, 0.05) is 4.88 Å². The number of hydrogen-bond acceptors (Lipinski definition) is 6. The molecule has 2 heterocycles. The number of nitrogens with one attached hydrogen (secondary N) is 2. The maximum Gasteiger partial charge on any atom is 0.318 e. The van der Waals surface area contributed by atoms with Crippen LogP contribution in [-0.4, -0.2) is 27.2 Å². The van der Waals surface area contributed by atoms with Crippen LogP contribution in [-0.2, 0) is 10.5 Å². The van der Waals surface area contributed by atoms with Crippen LogP contribution >= 0.6 is 23.1 Å². The van der Waals surface area contributed by atoms with Gasteiger partial charge in [-0.25, -0.2) is 9.78 Å². The average Bonchev–Trinajstić information content (AvgIpc) is 2.73. The number of carbonyl (C=O) groups excluding carboxylic acids is 2. The lowest BCUT2D eigenvalue weighted by Crippen LogP contribution is -2.42. The molecular formula is C15H20N4O3S2. The first-order valence-electron chi connectivity index (χ1n) is 7.41. The minimum absolute atomic E-state index is 0.00368. The molecule has 0 radical (unpaired) electrons. The van der Waals surface area contributed by atoms with Crippen molar-refractivity contribution in [1.82, 2.24) is 15.3 Å². The lowest BCUT2D eigenvalue weighted by atomic mass is 10.1. The highest BCUT2D eigenvalue weighted by atomic mass is 32.2. The number of nitrogens with zero attached hydrogens (tertiary/aromatic N) is 1. The van der Waals surface area contributed by atoms with Crippen LogP contribution in [0.25, 0.3) is 10.2 Å². The number of aromatic nitrogens is 2. The van der Waals surface area contributed by atoms with Crippen molar-refractivity contribution < 1.29 is 9.59 Å². The Morgan fingerprint density at radius 1 is 1.38 bits per heavy atom. The van der Waals surface area contributed by atoms with Gasteiger partial charge in [-0.1, -0.05) is 13.8 Å². The number of hydrogen-bond donors (Lipinski definition) is 3. The zero-order chi connectivity index (χ0) is 18.0. The van der Waals surface area contributed by atoms with E-state index in [1.54, 1.807) is 0 Å². The van der Waals surface area contributed by atoms with E-state index >= 15 is 0 Å². The normalized spacial score (nSPS) is 12.5. The number of carbonyl (C=O) groups is 2. The largest absolute Gasteiger partial charge is 0.351 e. The van der Waals surface area contributed by atoms with Gasteiger partial charge in [-0.2, -0.15) is 0 Å². The molecule has 2 rings (SSSR count). The van der Waals surface area contributed by atoms with E-state index in [-0.39, 0.29) is 11.5 Å². The van der Waals surface area contributed by atoms with E-state index in [0.29, 0.717) is 21.8 Å². The predicted molar refractivity (Wildman–Crippen MR) is 97.4 cm³/mol. The van der Waals surface area contributed by atoms with Gasteiger partial charge in [0.15, 0.2) is 0 Å². The lowest BCUT2D eigenvalue weighted by Gasteiger charge is -2.18. The second-order valence-corrected chi connectivity index (χ2v) is 8.14. The Morgan fingerprint density at radius 3 is 2.62 bits per heavy atom. The van der Waals surface area contributed by atoms with Crippen LogP contribution < -0.4 is 16.6 Å². The number of thioether (sulfide) groups is 1. The zero-order valence-corrected chi connectivity index (χ0v) is 15.6. The van der Waals surface area contributed by atoms with Gasteiger partial charge < -0.3 is 10.7 Å². The van der Waals surface area contributed by atoms with E-state index in [0.717, 1.165) is 10.4 Å². The number of fused-ring (bicyclic) bond motifs is 1. The minimum Gasteiger partial charge on any atom is -0.351 e. The Hall–Kier alpha value is -1.87. The SMILES string of the molecule is Cc1sc2nc(CS[C@@H](C(=O)NC(N)=O)C(C)C)[nH]c(=O)c2c1C. The van der Waals surface area contributed by atoms with Crippen molar-refractivity contribution >= 4 is 45.3 Å². The number of aryl methyl sites for hydroxylation is 2. The molecule has 0 unspecified atom stereocenters. The average molecular weight is 368 g/mol. The topological polar surface area (TPSA) is 118 Å². The zero-order valence-electron chi connectivity index (χ0n) is 13.9. The fourth-order valence-electron chi connectivity index (χ4n) is 2.30. The highest BCUT2D eigenvalue weighted by molar-refractivity contribution is 7.99. The second-order valence-electron chi connectivity index (χ2n) is 5.81. The van der Waals surface area contributed by atoms with Crippen LogP contribution in [0, 0.1) is 19.8 Å². The molecule has 0 spiro atoms. The molecule has 0 aromatic carbocycles. The molecule has 0 bridgehead atoms. The fourth-order valence-corrected chi connectivity index (χ4v) is 4.42. The number of urea groups is 1. The number of H-pyrrole nitrogens is 1. The fraction of sp³-hybridized carbons (Fsp3) is 0.467. The van der Waals surface area contributed by atoms with Crippen molar-refractivity contribution in [3.05, 3.63) is 26.6 Å². The standard InChI is InChI=1S/C15H20N4O3S2/c1-6(2)11(13(21)19-15(16)22)23-5-9-17-12(20)10-7(3)8(4)24-14(10)18-9/h6,11H,5H2,1-4H3,(H,17,18,20)(H3,16,19,21,22)/t11-/m1/s1. The molecule has 0 saturated heterocycles. The number of nitrogens with two attached hydrogens (primary N) is 1. The molecule has 0 fully saturated rings. The van der Waals surface area contributed by atoms with Gasteiger partial charge in [0.2, 0.25) is 5.91 Å². The Kier molecular flexibility index (Phi) is 5.66. The number of imide groups is 1. The van der Waals surface area contributed by atoms with Gasteiger partial charge in [-0.15, -0.1) is 23.1 Å². The molecule has 24 heavy (non-hydrogen) atoms. The quantitative estimate of drug-likeness (QED) is 0.746. The van der Waals surface area contributed by atoms with Gasteiger partial charge >= 0.3 is 6.03 Å². The third-order valence-electron chi connectivity index (χ3n) is 3.60. The van der Waals surface area contributed by atoms with E-state index in [2.05, 4.69) is 15.3 Å². The molecule has 0 aliphatic carbocycles. The highest BCUT2D eigenvalue weighted by Crippen LogP contribution is 2.27. The molecule has 3 amide bonds. The smallest absolute Gasteiger partial charge is 0.318 e. The summed E-state index contributed by atoms with van der Waals surface area (Å²) in [4.78, 5) is 44.2. The summed E-state index contributed by atoms with van der Waals surface area (Å²) in [5, 5.41) is 2.26. The highest BCUT2D eigenvalue weighted by Gasteiger charge is 2.24. The molecule has 0 saturated carbocycles. The van der Waals surface area contributed by atoms with E-state index in [1.807, 2.05) is 27.7 Å². The van der Waals surface area contributed by atoms with E-state index in [9.17, 15) is 14.4 Å². The number of primary amides is 1. The summed E-state index contributed by atoms with van der Waals surface area (Å²) in [6.45, 7) is 7.62. The summed E-state index contributed by atoms with van der Waals surface area (Å²) < 4.78 is 0. The molecule has 7 nitrogen and oxygen atoms in total. The van der Waals surface area contributed by atoms with Crippen LogP contribution in [0.5, 0.6) is 0 Å². The molecular weight excluding hydrogens is 348 g/mol. The van der Waals surface area contributed by atoms with Gasteiger partial charge in [-0.3, -0.25) is 14.9 Å². The second kappa shape index (κ2) is 7.35. The van der Waals surface area contributed by atoms with Crippen molar-refractivity contribution in [2.75, 3.05) is 0 Å².